The second-order valence-corrected chi connectivity index (χ2v) is 7.51. The lowest BCUT2D eigenvalue weighted by Gasteiger charge is -2.28. The Labute approximate surface area is 185 Å². The second kappa shape index (κ2) is 10.1. The molecule has 1 amide bonds. The fourth-order valence-corrected chi connectivity index (χ4v) is 3.47. The average molecular weight is 433 g/mol. The predicted octanol–water partition coefficient (Wildman–Crippen LogP) is 5.10. The molecule has 0 saturated carbocycles. The molecule has 2 aromatic carbocycles. The summed E-state index contributed by atoms with van der Waals surface area (Å²) in [5, 5.41) is 2.75. The van der Waals surface area contributed by atoms with Crippen LogP contribution in [0.15, 0.2) is 88.1 Å². The van der Waals surface area contributed by atoms with Gasteiger partial charge >= 0.3 is 0 Å². The normalized spacial score (nSPS) is 12.1. The first kappa shape index (κ1) is 21.5. The quantitative estimate of drug-likeness (QED) is 0.398. The van der Waals surface area contributed by atoms with Gasteiger partial charge in [-0.15, -0.1) is 0 Å². The molecular weight excluding hydrogens is 409 g/mol. The molecule has 0 aliphatic carbocycles. The van der Waals surface area contributed by atoms with Gasteiger partial charge in [0.1, 0.15) is 17.8 Å². The van der Waals surface area contributed by atoms with E-state index in [9.17, 15) is 9.18 Å². The zero-order valence-electron chi connectivity index (χ0n) is 17.7. The van der Waals surface area contributed by atoms with Crippen LogP contribution in [-0.4, -0.2) is 15.8 Å². The van der Waals surface area contributed by atoms with Crippen molar-refractivity contribution < 1.29 is 18.0 Å². The number of rotatable bonds is 9. The summed E-state index contributed by atoms with van der Waals surface area (Å²) in [6.45, 7) is 3.20. The molecule has 4 rings (SSSR count). The van der Waals surface area contributed by atoms with Crippen LogP contribution in [0.1, 0.15) is 46.2 Å². The first-order valence-corrected chi connectivity index (χ1v) is 10.4. The fourth-order valence-electron chi connectivity index (χ4n) is 3.47. The number of benzene rings is 2. The molecular formula is C25H24FN3O3. The number of nitrogens with one attached hydrogen (secondary N) is 1. The van der Waals surface area contributed by atoms with Crippen molar-refractivity contribution in [3.8, 4) is 0 Å². The Balaban J connectivity index is 1.48. The van der Waals surface area contributed by atoms with Gasteiger partial charge in [-0.2, -0.15) is 0 Å². The Bertz CT molecular complexity index is 1140. The van der Waals surface area contributed by atoms with Crippen molar-refractivity contribution in [3.05, 3.63) is 114 Å². The van der Waals surface area contributed by atoms with Gasteiger partial charge in [-0.25, -0.2) is 9.37 Å². The molecule has 0 bridgehead atoms. The highest BCUT2D eigenvalue weighted by atomic mass is 19.1. The van der Waals surface area contributed by atoms with E-state index >= 15 is 0 Å². The maximum absolute atomic E-state index is 13.7. The molecule has 2 aromatic heterocycles. The minimum atomic E-state index is -0.343. The summed E-state index contributed by atoms with van der Waals surface area (Å²) < 4.78 is 24.5. The van der Waals surface area contributed by atoms with Gasteiger partial charge < -0.3 is 14.2 Å². The van der Waals surface area contributed by atoms with E-state index in [1.165, 1.54) is 18.4 Å². The standard InChI is InChI=1S/C25H24FN3O3/c1-18(20-8-3-2-4-9-20)29(15-19-7-5-10-21(26)13-19)16-24-28-23(17-32-24)25(30)27-14-22-11-6-12-31-22/h2-13,17-18H,14-16H2,1H3,(H,27,30)/t18-/m1/s1. The minimum absolute atomic E-state index is 0.0163. The van der Waals surface area contributed by atoms with Crippen LogP contribution in [0.5, 0.6) is 0 Å². The number of hydrogen-bond acceptors (Lipinski definition) is 5. The van der Waals surface area contributed by atoms with Gasteiger partial charge in [0.05, 0.1) is 19.4 Å². The van der Waals surface area contributed by atoms with Crippen LogP contribution in [0.25, 0.3) is 0 Å². The Morgan fingerprint density at radius 1 is 1.06 bits per heavy atom. The van der Waals surface area contributed by atoms with Crippen molar-refractivity contribution in [1.29, 1.82) is 0 Å². The molecule has 4 aromatic rings. The number of carbonyl (C=O) groups is 1. The van der Waals surface area contributed by atoms with E-state index in [1.807, 2.05) is 36.4 Å². The van der Waals surface area contributed by atoms with Crippen molar-refractivity contribution in [2.75, 3.05) is 0 Å². The first-order chi connectivity index (χ1) is 15.6. The highest BCUT2D eigenvalue weighted by molar-refractivity contribution is 5.91. The highest BCUT2D eigenvalue weighted by Gasteiger charge is 2.20. The SMILES string of the molecule is C[C@H](c1ccccc1)N(Cc1cccc(F)c1)Cc1nc(C(=O)NCc2ccco2)co1. The van der Waals surface area contributed by atoms with Crippen LogP contribution < -0.4 is 5.32 Å². The van der Waals surface area contributed by atoms with Crippen molar-refractivity contribution >= 4 is 5.91 Å². The first-order valence-electron chi connectivity index (χ1n) is 10.4. The molecule has 1 atom stereocenters. The lowest BCUT2D eigenvalue weighted by Crippen LogP contribution is -2.27. The third-order valence-corrected chi connectivity index (χ3v) is 5.23. The van der Waals surface area contributed by atoms with Crippen LogP contribution in [0.2, 0.25) is 0 Å². The molecule has 0 fully saturated rings. The van der Waals surface area contributed by atoms with E-state index in [0.717, 1.165) is 11.1 Å². The zero-order chi connectivity index (χ0) is 22.3. The van der Waals surface area contributed by atoms with Crippen LogP contribution in [0.4, 0.5) is 4.39 Å². The highest BCUT2D eigenvalue weighted by Crippen LogP contribution is 2.24. The molecule has 0 aliphatic heterocycles. The molecule has 7 heteroatoms. The summed E-state index contributed by atoms with van der Waals surface area (Å²) in [4.78, 5) is 18.9. The predicted molar refractivity (Wildman–Crippen MR) is 117 cm³/mol. The molecule has 2 heterocycles. The Kier molecular flexibility index (Phi) is 6.77. The number of amides is 1. The second-order valence-electron chi connectivity index (χ2n) is 7.51. The maximum atomic E-state index is 13.7. The van der Waals surface area contributed by atoms with Gasteiger partial charge in [0.25, 0.3) is 5.91 Å². The van der Waals surface area contributed by atoms with Gasteiger partial charge in [-0.3, -0.25) is 9.69 Å². The van der Waals surface area contributed by atoms with Gasteiger partial charge in [-0.05, 0) is 42.3 Å². The number of oxazole rings is 1. The molecule has 6 nitrogen and oxygen atoms in total. The largest absolute Gasteiger partial charge is 0.467 e. The molecule has 0 saturated heterocycles. The molecule has 164 valence electrons. The maximum Gasteiger partial charge on any atom is 0.273 e. The summed E-state index contributed by atoms with van der Waals surface area (Å²) in [6, 6.07) is 20.1. The Morgan fingerprint density at radius 2 is 1.91 bits per heavy atom. The lowest BCUT2D eigenvalue weighted by atomic mass is 10.1. The van der Waals surface area contributed by atoms with Crippen molar-refractivity contribution in [2.24, 2.45) is 0 Å². The van der Waals surface area contributed by atoms with Gasteiger partial charge in [0, 0.05) is 12.6 Å². The minimum Gasteiger partial charge on any atom is -0.467 e. The number of hydrogen-bond donors (Lipinski definition) is 1. The van der Waals surface area contributed by atoms with E-state index < -0.39 is 0 Å². The zero-order valence-corrected chi connectivity index (χ0v) is 17.7. The number of furan rings is 1. The van der Waals surface area contributed by atoms with Crippen LogP contribution in [0, 0.1) is 5.82 Å². The van der Waals surface area contributed by atoms with Crippen LogP contribution in [-0.2, 0) is 19.6 Å². The van der Waals surface area contributed by atoms with Crippen molar-refractivity contribution in [3.63, 3.8) is 0 Å². The molecule has 0 unspecified atom stereocenters. The number of halogens is 1. The topological polar surface area (TPSA) is 71.5 Å². The van der Waals surface area contributed by atoms with Gasteiger partial charge in [-0.1, -0.05) is 42.5 Å². The molecule has 0 aliphatic rings. The fraction of sp³-hybridized carbons (Fsp3) is 0.200. The average Bonchev–Trinajstić information content (AvgIpc) is 3.49. The van der Waals surface area contributed by atoms with E-state index in [1.54, 1.807) is 24.5 Å². The summed E-state index contributed by atoms with van der Waals surface area (Å²) in [5.74, 6) is 0.443. The van der Waals surface area contributed by atoms with Crippen molar-refractivity contribution in [2.45, 2.75) is 32.6 Å². The van der Waals surface area contributed by atoms with Crippen LogP contribution in [0.3, 0.4) is 0 Å². The van der Waals surface area contributed by atoms with Crippen molar-refractivity contribution in [1.82, 2.24) is 15.2 Å². The smallest absolute Gasteiger partial charge is 0.273 e. The molecule has 0 spiro atoms. The number of nitrogens with zero attached hydrogens (tertiary/aromatic N) is 2. The van der Waals surface area contributed by atoms with Gasteiger partial charge in [0.2, 0.25) is 5.89 Å². The third-order valence-electron chi connectivity index (χ3n) is 5.23. The lowest BCUT2D eigenvalue weighted by molar-refractivity contribution is 0.0943. The number of aromatic nitrogens is 1. The Hall–Kier alpha value is -3.71. The van der Waals surface area contributed by atoms with E-state index in [2.05, 4.69) is 22.1 Å². The summed E-state index contributed by atoms with van der Waals surface area (Å²) in [7, 11) is 0. The van der Waals surface area contributed by atoms with E-state index in [4.69, 9.17) is 8.83 Å². The molecule has 32 heavy (non-hydrogen) atoms. The van der Waals surface area contributed by atoms with Gasteiger partial charge in [0.15, 0.2) is 5.69 Å². The van der Waals surface area contributed by atoms with E-state index in [0.29, 0.717) is 24.7 Å². The molecule has 1 N–H and O–H groups in total. The Morgan fingerprint density at radius 3 is 2.66 bits per heavy atom. The molecule has 0 radical (unpaired) electrons. The van der Waals surface area contributed by atoms with E-state index in [-0.39, 0.29) is 30.0 Å². The summed E-state index contributed by atoms with van der Waals surface area (Å²) in [5.41, 5.74) is 2.16. The van der Waals surface area contributed by atoms with Crippen LogP contribution >= 0.6 is 0 Å². The third kappa shape index (κ3) is 5.50. The monoisotopic (exact) mass is 433 g/mol. The summed E-state index contributed by atoms with van der Waals surface area (Å²) in [6.07, 6.45) is 2.90. The number of carbonyl (C=O) groups excluding carboxylic acids is 1. The summed E-state index contributed by atoms with van der Waals surface area (Å²) >= 11 is 0.